The average molecular weight is 297 g/mol. The number of furan rings is 1. The van der Waals surface area contributed by atoms with Crippen molar-refractivity contribution in [3.8, 4) is 0 Å². The normalized spacial score (nSPS) is 12.7. The summed E-state index contributed by atoms with van der Waals surface area (Å²) in [6.07, 6.45) is 0.0922. The monoisotopic (exact) mass is 297 g/mol. The Kier molecular flexibility index (Phi) is 3.86. The molecule has 0 aliphatic heterocycles. The van der Waals surface area contributed by atoms with Gasteiger partial charge in [0.2, 0.25) is 0 Å². The molecule has 0 aliphatic carbocycles. The topological polar surface area (TPSA) is 62.5 Å². The van der Waals surface area contributed by atoms with E-state index in [2.05, 4.69) is 5.32 Å². The van der Waals surface area contributed by atoms with Crippen LogP contribution in [0, 0.1) is 6.92 Å². The maximum absolute atomic E-state index is 12.3. The number of aliphatic hydroxyl groups is 1. The maximum Gasteiger partial charge on any atom is 0.287 e. The number of rotatable bonds is 4. The molecule has 0 saturated heterocycles. The van der Waals surface area contributed by atoms with Crippen LogP contribution < -0.4 is 5.32 Å². The highest BCUT2D eigenvalue weighted by atomic mass is 16.3. The molecule has 0 fully saturated rings. The summed E-state index contributed by atoms with van der Waals surface area (Å²) in [4.78, 5) is 12.3. The second kappa shape index (κ2) is 5.81. The molecule has 3 aromatic rings. The quantitative estimate of drug-likeness (QED) is 0.776. The van der Waals surface area contributed by atoms with Gasteiger partial charge in [-0.1, -0.05) is 36.4 Å². The molecule has 4 heteroatoms. The third-order valence-corrected chi connectivity index (χ3v) is 3.88. The van der Waals surface area contributed by atoms with Crippen LogP contribution in [0.25, 0.3) is 21.7 Å². The van der Waals surface area contributed by atoms with E-state index >= 15 is 0 Å². The van der Waals surface area contributed by atoms with Gasteiger partial charge < -0.3 is 14.8 Å². The summed E-state index contributed by atoms with van der Waals surface area (Å²) in [5.74, 6) is 0.107. The fourth-order valence-corrected chi connectivity index (χ4v) is 2.64. The Morgan fingerprint density at radius 2 is 2.00 bits per heavy atom. The summed E-state index contributed by atoms with van der Waals surface area (Å²) in [5, 5.41) is 15.1. The summed E-state index contributed by atoms with van der Waals surface area (Å²) in [6.45, 7) is 4.02. The number of aryl methyl sites for hydroxylation is 1. The predicted octanol–water partition coefficient (Wildman–Crippen LogP) is 3.40. The summed E-state index contributed by atoms with van der Waals surface area (Å²) in [5.41, 5.74) is 1.59. The van der Waals surface area contributed by atoms with E-state index < -0.39 is 6.10 Å². The van der Waals surface area contributed by atoms with Gasteiger partial charge in [-0.05, 0) is 25.7 Å². The number of benzene rings is 2. The molecule has 2 N–H and O–H groups in total. The fraction of sp³-hybridized carbons (Fsp3) is 0.278. The van der Waals surface area contributed by atoms with Crippen molar-refractivity contribution in [1.82, 2.24) is 5.32 Å². The van der Waals surface area contributed by atoms with E-state index in [1.165, 1.54) is 0 Å². The van der Waals surface area contributed by atoms with Gasteiger partial charge in [-0.15, -0.1) is 0 Å². The first-order valence-corrected chi connectivity index (χ1v) is 7.45. The minimum Gasteiger partial charge on any atom is -0.450 e. The van der Waals surface area contributed by atoms with Crippen LogP contribution in [-0.2, 0) is 0 Å². The molecular formula is C18H19NO3. The molecule has 1 unspecified atom stereocenters. The highest BCUT2D eigenvalue weighted by Crippen LogP contribution is 2.31. The average Bonchev–Trinajstić information content (AvgIpc) is 2.84. The zero-order valence-corrected chi connectivity index (χ0v) is 12.7. The molecule has 0 saturated carbocycles. The lowest BCUT2D eigenvalue weighted by Gasteiger charge is -2.05. The number of amides is 1. The number of carbonyl (C=O) groups excluding carboxylic acids is 1. The molecule has 0 aliphatic rings. The largest absolute Gasteiger partial charge is 0.450 e. The molecule has 0 spiro atoms. The number of aliphatic hydroxyl groups excluding tert-OH is 1. The van der Waals surface area contributed by atoms with Gasteiger partial charge >= 0.3 is 0 Å². The van der Waals surface area contributed by atoms with Crippen LogP contribution in [0.2, 0.25) is 0 Å². The Balaban J connectivity index is 1.99. The van der Waals surface area contributed by atoms with Crippen LogP contribution in [0.3, 0.4) is 0 Å². The van der Waals surface area contributed by atoms with E-state index in [0.717, 1.165) is 27.3 Å². The van der Waals surface area contributed by atoms with Crippen LogP contribution in [0.4, 0.5) is 0 Å². The number of nitrogens with one attached hydrogen (secondary N) is 1. The van der Waals surface area contributed by atoms with Crippen molar-refractivity contribution in [2.45, 2.75) is 26.4 Å². The Bertz CT molecular complexity index is 833. The summed E-state index contributed by atoms with van der Waals surface area (Å²) >= 11 is 0. The van der Waals surface area contributed by atoms with Crippen molar-refractivity contribution in [1.29, 1.82) is 0 Å². The molecule has 4 nitrogen and oxygen atoms in total. The molecular weight excluding hydrogens is 278 g/mol. The zero-order valence-electron chi connectivity index (χ0n) is 12.7. The molecule has 1 amide bonds. The van der Waals surface area contributed by atoms with Crippen LogP contribution in [0.1, 0.15) is 29.5 Å². The zero-order chi connectivity index (χ0) is 15.7. The van der Waals surface area contributed by atoms with Crippen molar-refractivity contribution in [3.05, 3.63) is 47.7 Å². The molecule has 0 radical (unpaired) electrons. The van der Waals surface area contributed by atoms with Gasteiger partial charge in [0.15, 0.2) is 5.76 Å². The van der Waals surface area contributed by atoms with Gasteiger partial charge in [-0.3, -0.25) is 4.79 Å². The van der Waals surface area contributed by atoms with Crippen LogP contribution in [0.15, 0.2) is 40.8 Å². The van der Waals surface area contributed by atoms with Gasteiger partial charge in [0.05, 0.1) is 6.10 Å². The van der Waals surface area contributed by atoms with E-state index in [9.17, 15) is 9.90 Å². The Hall–Kier alpha value is -2.33. The summed E-state index contributed by atoms with van der Waals surface area (Å²) in [6, 6.07) is 12.0. The van der Waals surface area contributed by atoms with Crippen molar-refractivity contribution >= 4 is 27.6 Å². The van der Waals surface area contributed by atoms with E-state index in [0.29, 0.717) is 18.7 Å². The van der Waals surface area contributed by atoms with Crippen molar-refractivity contribution < 1.29 is 14.3 Å². The fourth-order valence-electron chi connectivity index (χ4n) is 2.64. The molecule has 0 bridgehead atoms. The minimum absolute atomic E-state index is 0.238. The lowest BCUT2D eigenvalue weighted by atomic mass is 10.1. The van der Waals surface area contributed by atoms with Gasteiger partial charge in [0.1, 0.15) is 5.58 Å². The first-order valence-electron chi connectivity index (χ1n) is 7.45. The van der Waals surface area contributed by atoms with Gasteiger partial charge in [0, 0.05) is 22.9 Å². The van der Waals surface area contributed by atoms with Gasteiger partial charge in [-0.25, -0.2) is 0 Å². The molecule has 3 rings (SSSR count). The molecule has 1 aromatic heterocycles. The third-order valence-electron chi connectivity index (χ3n) is 3.88. The van der Waals surface area contributed by atoms with E-state index in [1.54, 1.807) is 6.92 Å². The lowest BCUT2D eigenvalue weighted by molar-refractivity contribution is 0.0919. The molecule has 114 valence electrons. The smallest absolute Gasteiger partial charge is 0.287 e. The minimum atomic E-state index is -0.430. The van der Waals surface area contributed by atoms with Crippen LogP contribution in [-0.4, -0.2) is 23.7 Å². The summed E-state index contributed by atoms with van der Waals surface area (Å²) in [7, 11) is 0. The number of hydrogen-bond donors (Lipinski definition) is 2. The van der Waals surface area contributed by atoms with Crippen molar-refractivity contribution in [2.75, 3.05) is 6.54 Å². The maximum atomic E-state index is 12.3. The van der Waals surface area contributed by atoms with Crippen molar-refractivity contribution in [2.24, 2.45) is 0 Å². The molecule has 22 heavy (non-hydrogen) atoms. The predicted molar refractivity (Wildman–Crippen MR) is 87.1 cm³/mol. The van der Waals surface area contributed by atoms with Crippen LogP contribution in [0.5, 0.6) is 0 Å². The van der Waals surface area contributed by atoms with E-state index in [-0.39, 0.29) is 5.91 Å². The standard InChI is InChI=1S/C18H19NO3/c1-11(20)9-10-19-18(21)16-12(2)14-8-7-13-5-3-4-6-15(13)17(14)22-16/h3-8,11,20H,9-10H2,1-2H3,(H,19,21). The van der Waals surface area contributed by atoms with E-state index in [1.807, 2.05) is 43.3 Å². The Labute approximate surface area is 128 Å². The third kappa shape index (κ3) is 2.57. The van der Waals surface area contributed by atoms with E-state index in [4.69, 9.17) is 4.42 Å². The SMILES string of the molecule is Cc1c(C(=O)NCCC(C)O)oc2c1ccc1ccccc12. The Morgan fingerprint density at radius 3 is 2.77 bits per heavy atom. The molecule has 2 aromatic carbocycles. The number of hydrogen-bond acceptors (Lipinski definition) is 3. The lowest BCUT2D eigenvalue weighted by Crippen LogP contribution is -2.26. The van der Waals surface area contributed by atoms with Crippen LogP contribution >= 0.6 is 0 Å². The highest BCUT2D eigenvalue weighted by Gasteiger charge is 2.18. The molecule has 1 atom stereocenters. The first kappa shape index (κ1) is 14.6. The first-order chi connectivity index (χ1) is 10.6. The number of carbonyl (C=O) groups is 1. The number of fused-ring (bicyclic) bond motifs is 3. The second-order valence-electron chi connectivity index (χ2n) is 5.61. The highest BCUT2D eigenvalue weighted by molar-refractivity contribution is 6.08. The van der Waals surface area contributed by atoms with Gasteiger partial charge in [-0.2, -0.15) is 0 Å². The molecule has 1 heterocycles. The van der Waals surface area contributed by atoms with Crippen molar-refractivity contribution in [3.63, 3.8) is 0 Å². The van der Waals surface area contributed by atoms with Gasteiger partial charge in [0.25, 0.3) is 5.91 Å². The Morgan fingerprint density at radius 1 is 1.23 bits per heavy atom. The second-order valence-corrected chi connectivity index (χ2v) is 5.61. The summed E-state index contributed by atoms with van der Waals surface area (Å²) < 4.78 is 5.86.